The van der Waals surface area contributed by atoms with E-state index in [1.807, 2.05) is 29.1 Å². The highest BCUT2D eigenvalue weighted by Gasteiger charge is 2.24. The fourth-order valence-electron chi connectivity index (χ4n) is 2.87. The quantitative estimate of drug-likeness (QED) is 0.406. The predicted octanol–water partition coefficient (Wildman–Crippen LogP) is 4.02. The molecule has 3 aromatic heterocycles. The third kappa shape index (κ3) is 4.63. The van der Waals surface area contributed by atoms with Crippen LogP contribution in [0.15, 0.2) is 71.2 Å². The van der Waals surface area contributed by atoms with Crippen molar-refractivity contribution in [2.24, 2.45) is 0 Å². The number of carbonyl (C=O) groups is 1. The Bertz CT molecular complexity index is 1350. The highest BCUT2D eigenvalue weighted by atomic mass is 32.2. The lowest BCUT2D eigenvalue weighted by atomic mass is 10.3. The van der Waals surface area contributed by atoms with Gasteiger partial charge in [-0.1, -0.05) is 0 Å². The van der Waals surface area contributed by atoms with Crippen molar-refractivity contribution in [3.8, 4) is 17.4 Å². The van der Waals surface area contributed by atoms with Crippen molar-refractivity contribution in [2.45, 2.75) is 11.8 Å². The second kappa shape index (κ2) is 8.81. The Morgan fingerprint density at radius 2 is 1.81 bits per heavy atom. The van der Waals surface area contributed by atoms with Crippen LogP contribution >= 0.6 is 11.3 Å². The fourth-order valence-corrected chi connectivity index (χ4v) is 5.26. The van der Waals surface area contributed by atoms with E-state index in [0.717, 1.165) is 11.3 Å². The number of sulfonamides is 1. The lowest BCUT2D eigenvalue weighted by molar-refractivity contribution is 0.0602. The van der Waals surface area contributed by atoms with Crippen molar-refractivity contribution >= 4 is 33.0 Å². The van der Waals surface area contributed by atoms with Crippen LogP contribution in [0.1, 0.15) is 15.5 Å². The first-order valence-electron chi connectivity index (χ1n) is 9.31. The molecule has 4 rings (SSSR count). The first-order chi connectivity index (χ1) is 15.4. The molecule has 0 unspecified atom stereocenters. The van der Waals surface area contributed by atoms with Gasteiger partial charge >= 0.3 is 5.97 Å². The molecule has 4 aromatic rings. The Morgan fingerprint density at radius 1 is 1.09 bits per heavy atom. The van der Waals surface area contributed by atoms with Gasteiger partial charge in [0.2, 0.25) is 5.88 Å². The summed E-state index contributed by atoms with van der Waals surface area (Å²) < 4.78 is 40.2. The van der Waals surface area contributed by atoms with Gasteiger partial charge in [0, 0.05) is 24.1 Å². The molecule has 9 nitrogen and oxygen atoms in total. The number of hydrogen-bond acceptors (Lipinski definition) is 8. The smallest absolute Gasteiger partial charge is 0.349 e. The molecule has 0 atom stereocenters. The number of anilines is 1. The number of thiophene rings is 1. The molecule has 0 saturated heterocycles. The second-order valence-electron chi connectivity index (χ2n) is 6.54. The third-order valence-electron chi connectivity index (χ3n) is 4.29. The molecule has 164 valence electrons. The van der Waals surface area contributed by atoms with Crippen LogP contribution < -0.4 is 9.46 Å². The summed E-state index contributed by atoms with van der Waals surface area (Å²) >= 11 is 0.997. The predicted molar refractivity (Wildman–Crippen MR) is 119 cm³/mol. The van der Waals surface area contributed by atoms with E-state index in [0.29, 0.717) is 29.0 Å². The SMILES string of the molecule is COC(=O)c1sccc1S(=O)(=O)Nc1ccc(Oc2cc(-n3cccc3)nc(C)n2)cc1. The summed E-state index contributed by atoms with van der Waals surface area (Å²) in [6.07, 6.45) is 3.73. The van der Waals surface area contributed by atoms with Crippen LogP contribution in [0.5, 0.6) is 11.6 Å². The largest absolute Gasteiger partial charge is 0.465 e. The molecule has 3 heterocycles. The van der Waals surface area contributed by atoms with Gasteiger partial charge in [-0.15, -0.1) is 11.3 Å². The summed E-state index contributed by atoms with van der Waals surface area (Å²) in [5, 5.41) is 1.52. The van der Waals surface area contributed by atoms with Crippen molar-refractivity contribution in [3.05, 3.63) is 77.0 Å². The van der Waals surface area contributed by atoms with Gasteiger partial charge in [-0.3, -0.25) is 4.72 Å². The fraction of sp³-hybridized carbons (Fsp3) is 0.0952. The van der Waals surface area contributed by atoms with Crippen molar-refractivity contribution in [3.63, 3.8) is 0 Å². The molecule has 0 aliphatic rings. The summed E-state index contributed by atoms with van der Waals surface area (Å²) in [5.41, 5.74) is 0.311. The molecule has 0 spiro atoms. The average molecular weight is 471 g/mol. The molecule has 0 bridgehead atoms. The van der Waals surface area contributed by atoms with Gasteiger partial charge in [0.15, 0.2) is 0 Å². The minimum atomic E-state index is -3.97. The molecular formula is C21H18N4O5S2. The van der Waals surface area contributed by atoms with E-state index in [-0.39, 0.29) is 9.77 Å². The maximum Gasteiger partial charge on any atom is 0.349 e. The van der Waals surface area contributed by atoms with Crippen molar-refractivity contribution in [1.29, 1.82) is 0 Å². The van der Waals surface area contributed by atoms with Crippen LogP contribution in [0.25, 0.3) is 5.82 Å². The van der Waals surface area contributed by atoms with E-state index in [1.54, 1.807) is 37.3 Å². The summed E-state index contributed by atoms with van der Waals surface area (Å²) in [4.78, 5) is 20.4. The number of ether oxygens (including phenoxy) is 2. The highest BCUT2D eigenvalue weighted by Crippen LogP contribution is 2.27. The Labute approximate surface area is 188 Å². The van der Waals surface area contributed by atoms with Gasteiger partial charge in [0.05, 0.1) is 7.11 Å². The zero-order chi connectivity index (χ0) is 22.7. The molecule has 1 N–H and O–H groups in total. The maximum absolute atomic E-state index is 12.7. The molecule has 0 saturated carbocycles. The van der Waals surface area contributed by atoms with E-state index in [1.165, 1.54) is 18.6 Å². The number of aryl methyl sites for hydroxylation is 1. The summed E-state index contributed by atoms with van der Waals surface area (Å²) in [5.74, 6) is 1.33. The number of nitrogens with one attached hydrogen (secondary N) is 1. The van der Waals surface area contributed by atoms with E-state index < -0.39 is 16.0 Å². The van der Waals surface area contributed by atoms with Crippen LogP contribution in [0, 0.1) is 6.92 Å². The van der Waals surface area contributed by atoms with Gasteiger partial charge in [-0.2, -0.15) is 4.98 Å². The second-order valence-corrected chi connectivity index (χ2v) is 9.11. The lowest BCUT2D eigenvalue weighted by Crippen LogP contribution is -2.15. The van der Waals surface area contributed by atoms with Crippen LogP contribution in [0.2, 0.25) is 0 Å². The number of rotatable bonds is 7. The highest BCUT2D eigenvalue weighted by molar-refractivity contribution is 7.93. The minimum Gasteiger partial charge on any atom is -0.465 e. The monoisotopic (exact) mass is 470 g/mol. The maximum atomic E-state index is 12.7. The number of nitrogens with zero attached hydrogens (tertiary/aromatic N) is 3. The number of esters is 1. The van der Waals surface area contributed by atoms with Crippen LogP contribution in [0.4, 0.5) is 5.69 Å². The molecule has 0 fully saturated rings. The molecule has 1 aromatic carbocycles. The van der Waals surface area contributed by atoms with Gasteiger partial charge < -0.3 is 14.0 Å². The Kier molecular flexibility index (Phi) is 5.93. The number of carbonyl (C=O) groups excluding carboxylic acids is 1. The molecule has 11 heteroatoms. The zero-order valence-corrected chi connectivity index (χ0v) is 18.7. The molecule has 32 heavy (non-hydrogen) atoms. The topological polar surface area (TPSA) is 112 Å². The van der Waals surface area contributed by atoms with Crippen LogP contribution in [0.3, 0.4) is 0 Å². The van der Waals surface area contributed by atoms with E-state index in [4.69, 9.17) is 4.74 Å². The van der Waals surface area contributed by atoms with Gasteiger partial charge in [0.1, 0.15) is 27.2 Å². The van der Waals surface area contributed by atoms with Gasteiger partial charge in [0.25, 0.3) is 10.0 Å². The van der Waals surface area contributed by atoms with Gasteiger partial charge in [-0.05, 0) is 54.8 Å². The average Bonchev–Trinajstić information content (AvgIpc) is 3.46. The van der Waals surface area contributed by atoms with E-state index in [9.17, 15) is 13.2 Å². The number of methoxy groups -OCH3 is 1. The van der Waals surface area contributed by atoms with E-state index in [2.05, 4.69) is 19.4 Å². The number of benzene rings is 1. The Balaban J connectivity index is 1.51. The summed E-state index contributed by atoms with van der Waals surface area (Å²) in [6, 6.07) is 13.2. The standard InChI is InChI=1S/C21H18N4O5S2/c1-14-22-18(25-10-3-4-11-25)13-19(23-14)30-16-7-5-15(6-8-16)24-32(27,28)17-9-12-31-20(17)21(26)29-2/h3-13,24H,1-2H3. The number of hydrogen-bond donors (Lipinski definition) is 1. The van der Waals surface area contributed by atoms with E-state index >= 15 is 0 Å². The third-order valence-corrected chi connectivity index (χ3v) is 6.74. The van der Waals surface area contributed by atoms with Crippen molar-refractivity contribution in [2.75, 3.05) is 11.8 Å². The summed E-state index contributed by atoms with van der Waals surface area (Å²) in [6.45, 7) is 1.77. The van der Waals surface area contributed by atoms with Crippen LogP contribution in [-0.4, -0.2) is 36.0 Å². The Hall–Kier alpha value is -3.70. The van der Waals surface area contributed by atoms with Crippen LogP contribution in [-0.2, 0) is 14.8 Å². The lowest BCUT2D eigenvalue weighted by Gasteiger charge is -2.10. The minimum absolute atomic E-state index is 0.0116. The first kappa shape index (κ1) is 21.5. The molecule has 0 amide bonds. The number of aromatic nitrogens is 3. The molecule has 0 aliphatic carbocycles. The Morgan fingerprint density at radius 3 is 2.50 bits per heavy atom. The summed E-state index contributed by atoms with van der Waals surface area (Å²) in [7, 11) is -2.77. The van der Waals surface area contributed by atoms with Crippen molar-refractivity contribution in [1.82, 2.24) is 14.5 Å². The van der Waals surface area contributed by atoms with Gasteiger partial charge in [-0.25, -0.2) is 18.2 Å². The molecular weight excluding hydrogens is 452 g/mol. The molecule has 0 aliphatic heterocycles. The molecule has 0 radical (unpaired) electrons. The zero-order valence-electron chi connectivity index (χ0n) is 17.1. The first-order valence-corrected chi connectivity index (χ1v) is 11.7. The normalized spacial score (nSPS) is 11.2. The van der Waals surface area contributed by atoms with Crippen molar-refractivity contribution < 1.29 is 22.7 Å².